The number of carbonyl (C=O) groups is 1. The van der Waals surface area contributed by atoms with Gasteiger partial charge in [-0.25, -0.2) is 0 Å². The van der Waals surface area contributed by atoms with Gasteiger partial charge in [-0.1, -0.05) is 0 Å². The highest BCUT2D eigenvalue weighted by Gasteiger charge is 2.17. The van der Waals surface area contributed by atoms with Crippen LogP contribution in [-0.2, 0) is 4.79 Å². The Kier molecular flexibility index (Phi) is 5.05. The van der Waals surface area contributed by atoms with Crippen molar-refractivity contribution in [2.45, 2.75) is 19.4 Å². The molecule has 0 aromatic heterocycles. The zero-order chi connectivity index (χ0) is 17.6. The minimum absolute atomic E-state index is 0.279. The van der Waals surface area contributed by atoms with Crippen molar-refractivity contribution in [3.63, 3.8) is 0 Å². The summed E-state index contributed by atoms with van der Waals surface area (Å²) < 4.78 is 16.8. The summed E-state index contributed by atoms with van der Waals surface area (Å²) in [5.74, 6) is 1.55. The lowest BCUT2D eigenvalue weighted by Crippen LogP contribution is -2.30. The van der Waals surface area contributed by atoms with E-state index >= 15 is 0 Å². The minimum atomic E-state index is -0.691. The SMILES string of the molecule is CC(Oc1ccc(C#N)cc1)C(=O)Nc1ccc2c(c1)OCCCO2. The lowest BCUT2D eigenvalue weighted by molar-refractivity contribution is -0.122. The average Bonchev–Trinajstić information content (AvgIpc) is 2.87. The third-order valence-electron chi connectivity index (χ3n) is 3.68. The van der Waals surface area contributed by atoms with E-state index in [1.165, 1.54) is 0 Å². The normalized spacial score (nSPS) is 13.9. The molecule has 3 rings (SSSR count). The van der Waals surface area contributed by atoms with Crippen LogP contribution in [0.4, 0.5) is 5.69 Å². The van der Waals surface area contributed by atoms with Gasteiger partial charge >= 0.3 is 0 Å². The van der Waals surface area contributed by atoms with Crippen molar-refractivity contribution in [3.05, 3.63) is 48.0 Å². The molecule has 2 aromatic carbocycles. The molecule has 1 N–H and O–H groups in total. The molecule has 6 nitrogen and oxygen atoms in total. The maximum atomic E-state index is 12.3. The van der Waals surface area contributed by atoms with Gasteiger partial charge in [0.25, 0.3) is 5.91 Å². The van der Waals surface area contributed by atoms with Gasteiger partial charge in [-0.2, -0.15) is 5.26 Å². The van der Waals surface area contributed by atoms with Gasteiger partial charge in [-0.15, -0.1) is 0 Å². The number of carbonyl (C=O) groups excluding carboxylic acids is 1. The minimum Gasteiger partial charge on any atom is -0.490 e. The largest absolute Gasteiger partial charge is 0.490 e. The second-order valence-corrected chi connectivity index (χ2v) is 5.60. The fraction of sp³-hybridized carbons (Fsp3) is 0.263. The van der Waals surface area contributed by atoms with Gasteiger partial charge in [0.05, 0.1) is 24.8 Å². The Morgan fingerprint density at radius 2 is 1.88 bits per heavy atom. The maximum Gasteiger partial charge on any atom is 0.265 e. The van der Waals surface area contributed by atoms with Crippen LogP contribution in [0.3, 0.4) is 0 Å². The third kappa shape index (κ3) is 4.21. The van der Waals surface area contributed by atoms with E-state index in [1.807, 2.05) is 6.07 Å². The molecule has 0 bridgehead atoms. The fourth-order valence-corrected chi connectivity index (χ4v) is 2.35. The quantitative estimate of drug-likeness (QED) is 0.926. The van der Waals surface area contributed by atoms with Gasteiger partial charge in [0.15, 0.2) is 17.6 Å². The van der Waals surface area contributed by atoms with Crippen LogP contribution in [-0.4, -0.2) is 25.2 Å². The summed E-state index contributed by atoms with van der Waals surface area (Å²) in [6.45, 7) is 2.87. The molecule has 1 amide bonds. The summed E-state index contributed by atoms with van der Waals surface area (Å²) in [5.41, 5.74) is 1.15. The number of hydrogen-bond acceptors (Lipinski definition) is 5. The predicted octanol–water partition coefficient (Wildman–Crippen LogP) is 3.13. The highest BCUT2D eigenvalue weighted by atomic mass is 16.5. The third-order valence-corrected chi connectivity index (χ3v) is 3.68. The van der Waals surface area contributed by atoms with Crippen molar-refractivity contribution < 1.29 is 19.0 Å². The number of amides is 1. The summed E-state index contributed by atoms with van der Waals surface area (Å²) in [5, 5.41) is 11.6. The summed E-state index contributed by atoms with van der Waals surface area (Å²) in [7, 11) is 0. The second kappa shape index (κ2) is 7.58. The van der Waals surface area contributed by atoms with Crippen molar-refractivity contribution in [1.29, 1.82) is 5.26 Å². The molecule has 1 aliphatic heterocycles. The fourth-order valence-electron chi connectivity index (χ4n) is 2.35. The van der Waals surface area contributed by atoms with Gasteiger partial charge in [0.1, 0.15) is 5.75 Å². The standard InChI is InChI=1S/C19H18N2O4/c1-13(25-16-6-3-14(12-20)4-7-16)19(22)21-15-5-8-17-18(11-15)24-10-2-9-23-17/h3-8,11,13H,2,9-10H2,1H3,(H,21,22). The van der Waals surface area contributed by atoms with Crippen LogP contribution >= 0.6 is 0 Å². The molecule has 0 saturated carbocycles. The van der Waals surface area contributed by atoms with E-state index in [0.717, 1.165) is 6.42 Å². The number of nitrogens with zero attached hydrogens (tertiary/aromatic N) is 1. The second-order valence-electron chi connectivity index (χ2n) is 5.60. The number of nitriles is 1. The maximum absolute atomic E-state index is 12.3. The van der Waals surface area contributed by atoms with Crippen molar-refractivity contribution in [3.8, 4) is 23.3 Å². The number of hydrogen-bond donors (Lipinski definition) is 1. The number of rotatable bonds is 4. The monoisotopic (exact) mass is 338 g/mol. The van der Waals surface area contributed by atoms with Crippen LogP contribution in [0, 0.1) is 11.3 Å². The molecule has 0 fully saturated rings. The Labute approximate surface area is 145 Å². The van der Waals surface area contributed by atoms with E-state index in [-0.39, 0.29) is 5.91 Å². The molecule has 0 saturated heterocycles. The zero-order valence-corrected chi connectivity index (χ0v) is 13.8. The molecule has 6 heteroatoms. The molecule has 25 heavy (non-hydrogen) atoms. The van der Waals surface area contributed by atoms with Gasteiger partial charge in [0, 0.05) is 18.2 Å². The molecular weight excluding hydrogens is 320 g/mol. The van der Waals surface area contributed by atoms with Crippen molar-refractivity contribution in [1.82, 2.24) is 0 Å². The summed E-state index contributed by atoms with van der Waals surface area (Å²) in [6, 6.07) is 13.9. The highest BCUT2D eigenvalue weighted by Crippen LogP contribution is 2.32. The first-order valence-electron chi connectivity index (χ1n) is 8.03. The van der Waals surface area contributed by atoms with E-state index in [4.69, 9.17) is 19.5 Å². The highest BCUT2D eigenvalue weighted by molar-refractivity contribution is 5.94. The Balaban J connectivity index is 1.63. The average molecular weight is 338 g/mol. The molecule has 0 spiro atoms. The van der Waals surface area contributed by atoms with Gasteiger partial charge < -0.3 is 19.5 Å². The van der Waals surface area contributed by atoms with Gasteiger partial charge in [0.2, 0.25) is 0 Å². The van der Waals surface area contributed by atoms with Crippen LogP contribution in [0.5, 0.6) is 17.2 Å². The van der Waals surface area contributed by atoms with Gasteiger partial charge in [-0.05, 0) is 43.3 Å². The first kappa shape index (κ1) is 16.7. The zero-order valence-electron chi connectivity index (χ0n) is 13.8. The molecule has 1 heterocycles. The lowest BCUT2D eigenvalue weighted by atomic mass is 10.2. The molecule has 0 radical (unpaired) electrons. The van der Waals surface area contributed by atoms with E-state index in [0.29, 0.717) is 41.7 Å². The smallest absolute Gasteiger partial charge is 0.265 e. The number of nitrogens with one attached hydrogen (secondary N) is 1. The van der Waals surface area contributed by atoms with Crippen LogP contribution in [0.1, 0.15) is 18.9 Å². The van der Waals surface area contributed by atoms with E-state index in [1.54, 1.807) is 49.4 Å². The molecule has 0 aliphatic carbocycles. The van der Waals surface area contributed by atoms with Crippen LogP contribution in [0.25, 0.3) is 0 Å². The van der Waals surface area contributed by atoms with Gasteiger partial charge in [-0.3, -0.25) is 4.79 Å². The van der Waals surface area contributed by atoms with E-state index in [2.05, 4.69) is 5.32 Å². The van der Waals surface area contributed by atoms with Crippen molar-refractivity contribution >= 4 is 11.6 Å². The number of benzene rings is 2. The summed E-state index contributed by atoms with van der Waals surface area (Å²) >= 11 is 0. The first-order valence-corrected chi connectivity index (χ1v) is 8.03. The Hall–Kier alpha value is -3.20. The Bertz CT molecular complexity index is 796. The summed E-state index contributed by atoms with van der Waals surface area (Å²) in [4.78, 5) is 12.3. The van der Waals surface area contributed by atoms with Crippen molar-refractivity contribution in [2.24, 2.45) is 0 Å². The first-order chi connectivity index (χ1) is 12.2. The lowest BCUT2D eigenvalue weighted by Gasteiger charge is -2.15. The van der Waals surface area contributed by atoms with E-state index < -0.39 is 6.10 Å². The molecule has 128 valence electrons. The number of ether oxygens (including phenoxy) is 3. The molecule has 1 unspecified atom stereocenters. The molecule has 2 aromatic rings. The Morgan fingerprint density at radius 1 is 1.16 bits per heavy atom. The number of anilines is 1. The summed E-state index contributed by atoms with van der Waals surface area (Å²) in [6.07, 6.45) is 0.134. The van der Waals surface area contributed by atoms with Crippen LogP contribution in [0.2, 0.25) is 0 Å². The molecule has 1 aliphatic rings. The Morgan fingerprint density at radius 3 is 2.60 bits per heavy atom. The van der Waals surface area contributed by atoms with Crippen LogP contribution in [0.15, 0.2) is 42.5 Å². The topological polar surface area (TPSA) is 80.6 Å². The van der Waals surface area contributed by atoms with E-state index in [9.17, 15) is 4.79 Å². The number of fused-ring (bicyclic) bond motifs is 1. The molecule has 1 atom stereocenters. The van der Waals surface area contributed by atoms with Crippen LogP contribution < -0.4 is 19.5 Å². The van der Waals surface area contributed by atoms with Crippen molar-refractivity contribution in [2.75, 3.05) is 18.5 Å². The predicted molar refractivity (Wildman–Crippen MR) is 91.9 cm³/mol. The molecular formula is C19H18N2O4.